The van der Waals surface area contributed by atoms with Gasteiger partial charge < -0.3 is 15.4 Å². The van der Waals surface area contributed by atoms with Crippen molar-refractivity contribution in [2.75, 3.05) is 38.0 Å². The SMILES string of the molecule is C=C(C)CN1CCN(C(C(=O)O)c2c[nH]c3cc(NC(=O)c4ccccc4)ccc23)CC1. The maximum absolute atomic E-state index is 12.4. The van der Waals surface area contributed by atoms with Gasteiger partial charge in [0, 0.05) is 66.6 Å². The van der Waals surface area contributed by atoms with Gasteiger partial charge in [0.25, 0.3) is 5.91 Å². The topological polar surface area (TPSA) is 88.7 Å². The number of carboxylic acid groups (broad SMARTS) is 1. The van der Waals surface area contributed by atoms with E-state index < -0.39 is 12.0 Å². The van der Waals surface area contributed by atoms with E-state index in [9.17, 15) is 14.7 Å². The number of carbonyl (C=O) groups is 2. The summed E-state index contributed by atoms with van der Waals surface area (Å²) < 4.78 is 0. The summed E-state index contributed by atoms with van der Waals surface area (Å²) in [4.78, 5) is 32.2. The fraction of sp³-hybridized carbons (Fsp3) is 0.280. The largest absolute Gasteiger partial charge is 0.480 e. The highest BCUT2D eigenvalue weighted by atomic mass is 16.4. The van der Waals surface area contributed by atoms with Gasteiger partial charge in [-0.05, 0) is 31.2 Å². The quantitative estimate of drug-likeness (QED) is 0.495. The molecule has 2 heterocycles. The minimum atomic E-state index is -0.860. The Morgan fingerprint density at radius 2 is 1.84 bits per heavy atom. The van der Waals surface area contributed by atoms with E-state index in [4.69, 9.17) is 0 Å². The molecule has 1 atom stereocenters. The van der Waals surface area contributed by atoms with Crippen LogP contribution in [0, 0.1) is 0 Å². The Balaban J connectivity index is 1.52. The molecular formula is C25H28N4O3. The van der Waals surface area contributed by atoms with Crippen molar-refractivity contribution < 1.29 is 14.7 Å². The summed E-state index contributed by atoms with van der Waals surface area (Å²) in [6.07, 6.45) is 1.77. The molecule has 1 aliphatic heterocycles. The molecule has 2 aromatic carbocycles. The first-order chi connectivity index (χ1) is 15.4. The van der Waals surface area contributed by atoms with Crippen LogP contribution in [0.25, 0.3) is 10.9 Å². The number of rotatable bonds is 7. The third-order valence-corrected chi connectivity index (χ3v) is 5.80. The maximum Gasteiger partial charge on any atom is 0.325 e. The van der Waals surface area contributed by atoms with Crippen molar-refractivity contribution in [2.45, 2.75) is 13.0 Å². The van der Waals surface area contributed by atoms with E-state index in [1.54, 1.807) is 18.3 Å². The van der Waals surface area contributed by atoms with Crippen LogP contribution in [-0.2, 0) is 4.79 Å². The molecule has 1 amide bonds. The number of aliphatic carboxylic acids is 1. The summed E-state index contributed by atoms with van der Waals surface area (Å²) in [7, 11) is 0. The molecular weight excluding hydrogens is 404 g/mol. The predicted molar refractivity (Wildman–Crippen MR) is 126 cm³/mol. The van der Waals surface area contributed by atoms with Crippen molar-refractivity contribution >= 4 is 28.5 Å². The van der Waals surface area contributed by atoms with E-state index >= 15 is 0 Å². The number of carbonyl (C=O) groups excluding carboxylic acids is 1. The van der Waals surface area contributed by atoms with Crippen LogP contribution >= 0.6 is 0 Å². The van der Waals surface area contributed by atoms with E-state index in [2.05, 4.69) is 21.8 Å². The Hall–Kier alpha value is -3.42. The minimum Gasteiger partial charge on any atom is -0.480 e. The molecule has 3 N–H and O–H groups in total. The van der Waals surface area contributed by atoms with Crippen LogP contribution in [0.4, 0.5) is 5.69 Å². The number of carboxylic acids is 1. The zero-order valence-corrected chi connectivity index (χ0v) is 18.2. The average Bonchev–Trinajstić information content (AvgIpc) is 3.18. The van der Waals surface area contributed by atoms with E-state index in [-0.39, 0.29) is 5.91 Å². The maximum atomic E-state index is 12.4. The number of piperazine rings is 1. The van der Waals surface area contributed by atoms with Gasteiger partial charge in [-0.1, -0.05) is 36.4 Å². The van der Waals surface area contributed by atoms with Crippen molar-refractivity contribution in [2.24, 2.45) is 0 Å². The van der Waals surface area contributed by atoms with Crippen molar-refractivity contribution in [3.63, 3.8) is 0 Å². The molecule has 0 bridgehead atoms. The molecule has 0 saturated carbocycles. The molecule has 0 spiro atoms. The van der Waals surface area contributed by atoms with E-state index in [0.717, 1.165) is 41.7 Å². The Bertz CT molecular complexity index is 1130. The number of anilines is 1. The second kappa shape index (κ2) is 9.38. The second-order valence-corrected chi connectivity index (χ2v) is 8.33. The van der Waals surface area contributed by atoms with Crippen LogP contribution < -0.4 is 5.32 Å². The molecule has 7 heteroatoms. The van der Waals surface area contributed by atoms with Crippen LogP contribution in [0.15, 0.2) is 66.9 Å². The fourth-order valence-electron chi connectivity index (χ4n) is 4.29. The van der Waals surface area contributed by atoms with E-state index in [0.29, 0.717) is 24.3 Å². The summed E-state index contributed by atoms with van der Waals surface area (Å²) in [5, 5.41) is 13.8. The monoisotopic (exact) mass is 432 g/mol. The van der Waals surface area contributed by atoms with Crippen molar-refractivity contribution in [3.8, 4) is 0 Å². The fourth-order valence-corrected chi connectivity index (χ4v) is 4.29. The van der Waals surface area contributed by atoms with Crippen molar-refractivity contribution in [1.29, 1.82) is 0 Å². The first-order valence-corrected chi connectivity index (χ1v) is 10.7. The molecule has 1 aromatic heterocycles. The number of nitrogens with zero attached hydrogens (tertiary/aromatic N) is 2. The smallest absolute Gasteiger partial charge is 0.325 e. The minimum absolute atomic E-state index is 0.187. The first-order valence-electron chi connectivity index (χ1n) is 10.7. The summed E-state index contributed by atoms with van der Waals surface area (Å²) in [5.74, 6) is -1.05. The van der Waals surface area contributed by atoms with Gasteiger partial charge in [-0.15, -0.1) is 0 Å². The number of aromatic nitrogens is 1. The van der Waals surface area contributed by atoms with Gasteiger partial charge in [0.1, 0.15) is 6.04 Å². The number of benzene rings is 2. The number of nitrogens with one attached hydrogen (secondary N) is 2. The van der Waals surface area contributed by atoms with Crippen LogP contribution in [0.5, 0.6) is 0 Å². The predicted octanol–water partition coefficient (Wildman–Crippen LogP) is 3.74. The molecule has 1 fully saturated rings. The highest BCUT2D eigenvalue weighted by Gasteiger charge is 2.32. The van der Waals surface area contributed by atoms with Crippen molar-refractivity contribution in [3.05, 3.63) is 78.0 Å². The number of H-pyrrole nitrogens is 1. The standard InChI is InChI=1S/C25H28N4O3/c1-17(2)16-28-10-12-29(13-11-28)23(25(31)32)21-15-26-22-14-19(8-9-20(21)22)27-24(30)18-6-4-3-5-7-18/h3-9,14-15,23,26H,1,10-13,16H2,2H3,(H,27,30)(H,31,32). The van der Waals surface area contributed by atoms with Gasteiger partial charge >= 0.3 is 5.97 Å². The van der Waals surface area contributed by atoms with Crippen LogP contribution in [0.3, 0.4) is 0 Å². The summed E-state index contributed by atoms with van der Waals surface area (Å²) >= 11 is 0. The zero-order chi connectivity index (χ0) is 22.7. The molecule has 0 aliphatic carbocycles. The molecule has 7 nitrogen and oxygen atoms in total. The molecule has 1 aliphatic rings. The Kier molecular flexibility index (Phi) is 6.39. The Morgan fingerprint density at radius 1 is 1.12 bits per heavy atom. The van der Waals surface area contributed by atoms with Gasteiger partial charge in [0.05, 0.1) is 0 Å². The molecule has 0 radical (unpaired) electrons. The number of hydrogen-bond acceptors (Lipinski definition) is 4. The van der Waals surface area contributed by atoms with Gasteiger partial charge in [-0.2, -0.15) is 0 Å². The summed E-state index contributed by atoms with van der Waals surface area (Å²) in [6, 6.07) is 13.8. The van der Waals surface area contributed by atoms with Gasteiger partial charge in [0.2, 0.25) is 0 Å². The Labute approximate surface area is 187 Å². The lowest BCUT2D eigenvalue weighted by Gasteiger charge is -2.37. The van der Waals surface area contributed by atoms with E-state index in [1.165, 1.54) is 0 Å². The first kappa shape index (κ1) is 21.8. The Morgan fingerprint density at radius 3 is 2.50 bits per heavy atom. The van der Waals surface area contributed by atoms with Crippen LogP contribution in [0.2, 0.25) is 0 Å². The van der Waals surface area contributed by atoms with Crippen LogP contribution in [0.1, 0.15) is 28.9 Å². The normalized spacial score (nSPS) is 16.0. The zero-order valence-electron chi connectivity index (χ0n) is 18.2. The highest BCUT2D eigenvalue weighted by molar-refractivity contribution is 6.05. The third kappa shape index (κ3) is 4.74. The third-order valence-electron chi connectivity index (χ3n) is 5.80. The molecule has 1 saturated heterocycles. The van der Waals surface area contributed by atoms with Gasteiger partial charge in [0.15, 0.2) is 0 Å². The summed E-state index contributed by atoms with van der Waals surface area (Å²) in [6.45, 7) is 9.81. The number of amides is 1. The van der Waals surface area contributed by atoms with Crippen molar-refractivity contribution in [1.82, 2.24) is 14.8 Å². The average molecular weight is 433 g/mol. The number of aromatic amines is 1. The van der Waals surface area contributed by atoms with Crippen LogP contribution in [-0.4, -0.2) is 64.5 Å². The second-order valence-electron chi connectivity index (χ2n) is 8.33. The lowest BCUT2D eigenvalue weighted by Crippen LogP contribution is -2.49. The van der Waals surface area contributed by atoms with Gasteiger partial charge in [-0.3, -0.25) is 19.4 Å². The lowest BCUT2D eigenvalue weighted by atomic mass is 10.0. The number of hydrogen-bond donors (Lipinski definition) is 3. The molecule has 32 heavy (non-hydrogen) atoms. The lowest BCUT2D eigenvalue weighted by molar-refractivity contribution is -0.144. The molecule has 166 valence electrons. The molecule has 1 unspecified atom stereocenters. The molecule has 4 rings (SSSR count). The summed E-state index contributed by atoms with van der Waals surface area (Å²) in [5.41, 5.74) is 3.87. The highest BCUT2D eigenvalue weighted by Crippen LogP contribution is 2.31. The molecule has 3 aromatic rings. The number of fused-ring (bicyclic) bond motifs is 1. The van der Waals surface area contributed by atoms with Gasteiger partial charge in [-0.25, -0.2) is 0 Å². The van der Waals surface area contributed by atoms with E-state index in [1.807, 2.05) is 48.2 Å².